The second kappa shape index (κ2) is 5.14. The summed E-state index contributed by atoms with van der Waals surface area (Å²) < 4.78 is 70.6. The number of carbonyl (C=O) groups is 1. The van der Waals surface area contributed by atoms with E-state index in [1.807, 2.05) is 0 Å². The molecule has 1 aliphatic rings. The van der Waals surface area contributed by atoms with Crippen molar-refractivity contribution >= 4 is 5.91 Å². The van der Waals surface area contributed by atoms with Crippen LogP contribution in [-0.4, -0.2) is 17.6 Å². The third-order valence-corrected chi connectivity index (χ3v) is 3.45. The maximum absolute atomic E-state index is 13.4. The van der Waals surface area contributed by atoms with Crippen LogP contribution < -0.4 is 16.2 Å². The van der Waals surface area contributed by atoms with Crippen LogP contribution in [0.4, 0.5) is 22.0 Å². The lowest BCUT2D eigenvalue weighted by atomic mass is 9.99. The number of halogens is 5. The van der Waals surface area contributed by atoms with Gasteiger partial charge in [-0.1, -0.05) is 0 Å². The summed E-state index contributed by atoms with van der Waals surface area (Å²) in [6, 6.07) is 0. The van der Waals surface area contributed by atoms with E-state index < -0.39 is 52.4 Å². The quantitative estimate of drug-likeness (QED) is 0.504. The van der Waals surface area contributed by atoms with Gasteiger partial charge in [0.1, 0.15) is 6.10 Å². The molecule has 1 fully saturated rings. The largest absolute Gasteiger partial charge is 0.484 e. The van der Waals surface area contributed by atoms with Gasteiger partial charge in [-0.2, -0.15) is 8.78 Å². The Bertz CT molecular complexity index is 581. The summed E-state index contributed by atoms with van der Waals surface area (Å²) in [5, 5.41) is 0. The van der Waals surface area contributed by atoms with Crippen LogP contribution >= 0.6 is 0 Å². The summed E-state index contributed by atoms with van der Waals surface area (Å²) in [5.41, 5.74) is 9.31. The molecular weight excluding hydrogens is 299 g/mol. The average Bonchev–Trinajstić information content (AvgIpc) is 2.82. The predicted molar refractivity (Wildman–Crippen MR) is 60.6 cm³/mol. The number of nitrogens with two attached hydrogens (primary N) is 2. The minimum atomic E-state index is -2.27. The fourth-order valence-corrected chi connectivity index (χ4v) is 2.21. The zero-order valence-corrected chi connectivity index (χ0v) is 10.6. The van der Waals surface area contributed by atoms with Crippen LogP contribution in [-0.2, 0) is 4.79 Å². The highest BCUT2D eigenvalue weighted by atomic mass is 19.2. The number of carbonyl (C=O) groups excluding carboxylic acids is 1. The lowest BCUT2D eigenvalue weighted by molar-refractivity contribution is -0.123. The van der Waals surface area contributed by atoms with Gasteiger partial charge in [-0.15, -0.1) is 0 Å². The molecule has 0 bridgehead atoms. The Morgan fingerprint density at radius 1 is 1.05 bits per heavy atom. The van der Waals surface area contributed by atoms with Crippen LogP contribution in [0, 0.1) is 29.1 Å². The number of primary amides is 1. The first-order chi connectivity index (χ1) is 9.67. The van der Waals surface area contributed by atoms with Crippen molar-refractivity contribution in [3.05, 3.63) is 29.1 Å². The standard InChI is InChI=1S/C12H11F5N2O2/c13-5-6(14)8(16)10(9(17)7(5)15)21-4-1-2-12(19,3-4)11(18)20/h4H,1-3,19H2,(H2,18,20). The van der Waals surface area contributed by atoms with E-state index >= 15 is 0 Å². The van der Waals surface area contributed by atoms with Crippen LogP contribution in [0.25, 0.3) is 0 Å². The Morgan fingerprint density at radius 2 is 1.52 bits per heavy atom. The fourth-order valence-electron chi connectivity index (χ4n) is 2.21. The van der Waals surface area contributed by atoms with Gasteiger partial charge in [0.15, 0.2) is 5.75 Å². The van der Waals surface area contributed by atoms with Crippen molar-refractivity contribution in [3.63, 3.8) is 0 Å². The van der Waals surface area contributed by atoms with Gasteiger partial charge in [0.05, 0.1) is 5.54 Å². The molecular formula is C12H11F5N2O2. The first kappa shape index (κ1) is 15.5. The van der Waals surface area contributed by atoms with Crippen molar-refractivity contribution < 1.29 is 31.5 Å². The monoisotopic (exact) mass is 310 g/mol. The van der Waals surface area contributed by atoms with Gasteiger partial charge in [0.2, 0.25) is 35.0 Å². The van der Waals surface area contributed by atoms with Crippen molar-refractivity contribution in [1.29, 1.82) is 0 Å². The van der Waals surface area contributed by atoms with Gasteiger partial charge in [-0.05, 0) is 12.8 Å². The molecule has 21 heavy (non-hydrogen) atoms. The van der Waals surface area contributed by atoms with Gasteiger partial charge in [0.25, 0.3) is 0 Å². The normalized spacial score (nSPS) is 25.1. The van der Waals surface area contributed by atoms with E-state index in [-0.39, 0.29) is 19.3 Å². The topological polar surface area (TPSA) is 78.3 Å². The van der Waals surface area contributed by atoms with Crippen molar-refractivity contribution in [2.24, 2.45) is 11.5 Å². The number of amides is 1. The highest BCUT2D eigenvalue weighted by Gasteiger charge is 2.42. The highest BCUT2D eigenvalue weighted by molar-refractivity contribution is 5.84. The Balaban J connectivity index is 2.28. The van der Waals surface area contributed by atoms with E-state index in [1.165, 1.54) is 0 Å². The predicted octanol–water partition coefficient (Wildman–Crippen LogP) is 1.50. The number of benzene rings is 1. The molecule has 4 N–H and O–H groups in total. The van der Waals surface area contributed by atoms with Crippen LogP contribution in [0.15, 0.2) is 0 Å². The summed E-state index contributed by atoms with van der Waals surface area (Å²) >= 11 is 0. The van der Waals surface area contributed by atoms with Gasteiger partial charge in [-0.25, -0.2) is 13.2 Å². The van der Waals surface area contributed by atoms with Gasteiger partial charge < -0.3 is 16.2 Å². The molecule has 2 rings (SSSR count). The molecule has 1 amide bonds. The van der Waals surface area contributed by atoms with Crippen molar-refractivity contribution in [3.8, 4) is 5.75 Å². The molecule has 0 aromatic heterocycles. The Morgan fingerprint density at radius 3 is 1.95 bits per heavy atom. The van der Waals surface area contributed by atoms with Crippen molar-refractivity contribution in [2.75, 3.05) is 0 Å². The molecule has 4 nitrogen and oxygen atoms in total. The van der Waals surface area contributed by atoms with Crippen LogP contribution in [0.1, 0.15) is 19.3 Å². The van der Waals surface area contributed by atoms with Gasteiger partial charge in [-0.3, -0.25) is 4.79 Å². The molecule has 0 saturated heterocycles. The first-order valence-corrected chi connectivity index (χ1v) is 5.94. The Kier molecular flexibility index (Phi) is 3.79. The zero-order valence-electron chi connectivity index (χ0n) is 10.6. The Labute approximate surface area is 115 Å². The summed E-state index contributed by atoms with van der Waals surface area (Å²) in [6.45, 7) is 0. The Hall–Kier alpha value is -1.90. The molecule has 2 unspecified atom stereocenters. The van der Waals surface area contributed by atoms with E-state index in [1.54, 1.807) is 0 Å². The fraction of sp³-hybridized carbons (Fsp3) is 0.417. The molecule has 1 aromatic carbocycles. The maximum Gasteiger partial charge on any atom is 0.237 e. The second-order valence-electron chi connectivity index (χ2n) is 4.90. The molecule has 1 aliphatic carbocycles. The molecule has 0 spiro atoms. The highest BCUT2D eigenvalue weighted by Crippen LogP contribution is 2.35. The van der Waals surface area contributed by atoms with Gasteiger partial charge >= 0.3 is 0 Å². The smallest absolute Gasteiger partial charge is 0.237 e. The SMILES string of the molecule is NC(=O)C1(N)CCC(Oc2c(F)c(F)c(F)c(F)c2F)C1. The molecule has 2 atom stereocenters. The van der Waals surface area contributed by atoms with Gasteiger partial charge in [0, 0.05) is 6.42 Å². The summed E-state index contributed by atoms with van der Waals surface area (Å²) in [7, 11) is 0. The molecule has 1 aromatic rings. The van der Waals surface area contributed by atoms with Crippen LogP contribution in [0.3, 0.4) is 0 Å². The van der Waals surface area contributed by atoms with E-state index in [0.29, 0.717) is 0 Å². The van der Waals surface area contributed by atoms with Crippen molar-refractivity contribution in [2.45, 2.75) is 30.9 Å². The lowest BCUT2D eigenvalue weighted by Crippen LogP contribution is -2.50. The molecule has 116 valence electrons. The van der Waals surface area contributed by atoms with Crippen molar-refractivity contribution in [1.82, 2.24) is 0 Å². The number of ether oxygens (including phenoxy) is 1. The molecule has 0 radical (unpaired) electrons. The zero-order chi connectivity index (χ0) is 15.9. The molecule has 0 aliphatic heterocycles. The number of rotatable bonds is 3. The van der Waals surface area contributed by atoms with Crippen LogP contribution in [0.5, 0.6) is 5.75 Å². The lowest BCUT2D eigenvalue weighted by Gasteiger charge is -2.20. The van der Waals surface area contributed by atoms with Crippen LogP contribution in [0.2, 0.25) is 0 Å². The third kappa shape index (κ3) is 2.53. The molecule has 9 heteroatoms. The molecule has 0 heterocycles. The molecule has 1 saturated carbocycles. The van der Waals surface area contributed by atoms with E-state index in [2.05, 4.69) is 0 Å². The van der Waals surface area contributed by atoms with E-state index in [9.17, 15) is 26.7 Å². The average molecular weight is 310 g/mol. The minimum Gasteiger partial charge on any atom is -0.484 e. The summed E-state index contributed by atoms with van der Waals surface area (Å²) in [5.74, 6) is -12.8. The maximum atomic E-state index is 13.4. The number of hydrogen-bond donors (Lipinski definition) is 2. The second-order valence-corrected chi connectivity index (χ2v) is 4.90. The third-order valence-electron chi connectivity index (χ3n) is 3.45. The summed E-state index contributed by atoms with van der Waals surface area (Å²) in [6.07, 6.45) is -0.973. The first-order valence-electron chi connectivity index (χ1n) is 5.94. The number of hydrogen-bond acceptors (Lipinski definition) is 3. The van der Waals surface area contributed by atoms with E-state index in [0.717, 1.165) is 0 Å². The minimum absolute atomic E-state index is 0.0857. The van der Waals surface area contributed by atoms with E-state index in [4.69, 9.17) is 16.2 Å². The summed E-state index contributed by atoms with van der Waals surface area (Å²) in [4.78, 5) is 11.1.